The van der Waals surface area contributed by atoms with Crippen molar-refractivity contribution in [1.82, 2.24) is 14.8 Å². The molecule has 2 aliphatic rings. The number of aromatic nitrogens is 1. The molecule has 1 amide bonds. The number of carbonyl (C=O) groups is 1. The summed E-state index contributed by atoms with van der Waals surface area (Å²) in [5, 5.41) is 0. The number of halogens is 3. The minimum Gasteiger partial charge on any atom is -0.493 e. The molecular weight excluding hydrogens is 387 g/mol. The van der Waals surface area contributed by atoms with Crippen LogP contribution in [0.2, 0.25) is 0 Å². The molecule has 2 aliphatic heterocycles. The van der Waals surface area contributed by atoms with E-state index in [-0.39, 0.29) is 29.8 Å². The second kappa shape index (κ2) is 9.30. The van der Waals surface area contributed by atoms with Crippen molar-refractivity contribution < 1.29 is 27.4 Å². The Hall–Kier alpha value is -1.87. The summed E-state index contributed by atoms with van der Waals surface area (Å²) in [5.41, 5.74) is -0.949. The Bertz CT molecular complexity index is 683. The van der Waals surface area contributed by atoms with Crippen LogP contribution >= 0.6 is 0 Å². The number of nitrogens with zero attached hydrogens (tertiary/aromatic N) is 3. The van der Waals surface area contributed by atoms with Gasteiger partial charge >= 0.3 is 6.18 Å². The fraction of sp³-hybridized carbons (Fsp3) is 0.700. The van der Waals surface area contributed by atoms with Crippen LogP contribution in [0.25, 0.3) is 0 Å². The molecule has 0 spiro atoms. The van der Waals surface area contributed by atoms with Gasteiger partial charge in [-0.3, -0.25) is 14.7 Å². The summed E-state index contributed by atoms with van der Waals surface area (Å²) in [6, 6.07) is 2.37. The molecule has 1 aromatic heterocycles. The summed E-state index contributed by atoms with van der Waals surface area (Å²) in [4.78, 5) is 19.9. The highest BCUT2D eigenvalue weighted by Crippen LogP contribution is 2.30. The van der Waals surface area contributed by atoms with E-state index in [1.165, 1.54) is 6.07 Å². The summed E-state index contributed by atoms with van der Waals surface area (Å²) in [5.74, 6) is 0.561. The Morgan fingerprint density at radius 3 is 2.52 bits per heavy atom. The molecule has 0 aliphatic carbocycles. The van der Waals surface area contributed by atoms with E-state index < -0.39 is 11.9 Å². The minimum absolute atomic E-state index is 0.0524. The third kappa shape index (κ3) is 6.30. The van der Waals surface area contributed by atoms with Gasteiger partial charge in [0.15, 0.2) is 0 Å². The van der Waals surface area contributed by atoms with Crippen molar-refractivity contribution in [3.05, 3.63) is 24.0 Å². The molecule has 2 fully saturated rings. The van der Waals surface area contributed by atoms with Crippen molar-refractivity contribution in [3.8, 4) is 5.75 Å². The highest BCUT2D eigenvalue weighted by molar-refractivity contribution is 5.78. The van der Waals surface area contributed by atoms with Crippen LogP contribution in [0.4, 0.5) is 13.2 Å². The number of hydrogen-bond donors (Lipinski definition) is 0. The maximum absolute atomic E-state index is 12.7. The van der Waals surface area contributed by atoms with Gasteiger partial charge in [0.05, 0.1) is 25.4 Å². The Balaban J connectivity index is 1.41. The van der Waals surface area contributed by atoms with Gasteiger partial charge in [-0.25, -0.2) is 0 Å². The SMILES string of the molecule is CC1CN(C(=O)CN2CCC(COc3ccnc(C(F)(F)F)c3)CC2)CC(C)O1. The standard InChI is InChI=1S/C20H28F3N3O3/c1-14-10-26(11-15(2)29-14)19(27)12-25-7-4-16(5-8-25)13-28-17-3-6-24-18(9-17)20(21,22)23/h3,6,9,14-16H,4-5,7-8,10-13H2,1-2H3. The Morgan fingerprint density at radius 1 is 1.24 bits per heavy atom. The maximum Gasteiger partial charge on any atom is 0.433 e. The van der Waals surface area contributed by atoms with Gasteiger partial charge in [0.2, 0.25) is 5.91 Å². The number of amides is 1. The zero-order valence-electron chi connectivity index (χ0n) is 16.8. The smallest absolute Gasteiger partial charge is 0.433 e. The van der Waals surface area contributed by atoms with Gasteiger partial charge in [-0.1, -0.05) is 0 Å². The van der Waals surface area contributed by atoms with Crippen molar-refractivity contribution in [1.29, 1.82) is 0 Å². The number of likely N-dealkylation sites (tertiary alicyclic amines) is 1. The van der Waals surface area contributed by atoms with Crippen LogP contribution in [0.5, 0.6) is 5.75 Å². The molecule has 0 N–H and O–H groups in total. The average molecular weight is 415 g/mol. The first-order valence-electron chi connectivity index (χ1n) is 10.0. The first-order chi connectivity index (χ1) is 13.7. The van der Waals surface area contributed by atoms with Crippen molar-refractivity contribution in [2.45, 2.75) is 45.1 Å². The third-order valence-electron chi connectivity index (χ3n) is 5.35. The molecule has 9 heteroatoms. The number of piperidine rings is 1. The maximum atomic E-state index is 12.7. The van der Waals surface area contributed by atoms with Gasteiger partial charge in [0.1, 0.15) is 11.4 Å². The van der Waals surface area contributed by atoms with E-state index in [1.54, 1.807) is 0 Å². The lowest BCUT2D eigenvalue weighted by Gasteiger charge is -2.37. The van der Waals surface area contributed by atoms with E-state index in [0.29, 0.717) is 26.2 Å². The van der Waals surface area contributed by atoms with Gasteiger partial charge in [0.25, 0.3) is 0 Å². The normalized spacial score (nSPS) is 24.5. The fourth-order valence-corrected chi connectivity index (χ4v) is 3.85. The lowest BCUT2D eigenvalue weighted by atomic mass is 9.98. The zero-order valence-corrected chi connectivity index (χ0v) is 16.8. The molecule has 0 radical (unpaired) electrons. The summed E-state index contributed by atoms with van der Waals surface area (Å²) in [6.07, 6.45) is -1.57. The van der Waals surface area contributed by atoms with E-state index in [0.717, 1.165) is 38.2 Å². The summed E-state index contributed by atoms with van der Waals surface area (Å²) >= 11 is 0. The third-order valence-corrected chi connectivity index (χ3v) is 5.35. The van der Waals surface area contributed by atoms with E-state index in [9.17, 15) is 18.0 Å². The molecule has 29 heavy (non-hydrogen) atoms. The molecule has 2 atom stereocenters. The predicted molar refractivity (Wildman–Crippen MR) is 100 cm³/mol. The number of rotatable bonds is 5. The van der Waals surface area contributed by atoms with E-state index in [1.807, 2.05) is 18.7 Å². The summed E-state index contributed by atoms with van der Waals surface area (Å²) < 4.78 is 49.4. The van der Waals surface area contributed by atoms with Crippen LogP contribution in [-0.4, -0.2) is 72.2 Å². The quantitative estimate of drug-likeness (QED) is 0.740. The van der Waals surface area contributed by atoms with Gasteiger partial charge < -0.3 is 14.4 Å². The summed E-state index contributed by atoms with van der Waals surface area (Å²) in [7, 11) is 0. The first-order valence-corrected chi connectivity index (χ1v) is 10.0. The Labute approximate surface area is 169 Å². The first kappa shape index (κ1) is 21.8. The van der Waals surface area contributed by atoms with E-state index in [2.05, 4.69) is 9.88 Å². The molecule has 2 saturated heterocycles. The number of pyridine rings is 1. The average Bonchev–Trinajstić information content (AvgIpc) is 2.66. The van der Waals surface area contributed by atoms with Crippen LogP contribution in [0.3, 0.4) is 0 Å². The van der Waals surface area contributed by atoms with Crippen molar-refractivity contribution in [2.75, 3.05) is 39.3 Å². The highest BCUT2D eigenvalue weighted by Gasteiger charge is 2.33. The van der Waals surface area contributed by atoms with Crippen LogP contribution in [0.1, 0.15) is 32.4 Å². The second-order valence-electron chi connectivity index (χ2n) is 7.96. The minimum atomic E-state index is -4.48. The Kier molecular flexibility index (Phi) is 7.00. The van der Waals surface area contributed by atoms with Gasteiger partial charge in [-0.2, -0.15) is 13.2 Å². The Morgan fingerprint density at radius 2 is 1.90 bits per heavy atom. The monoisotopic (exact) mass is 415 g/mol. The zero-order chi connectivity index (χ0) is 21.0. The van der Waals surface area contributed by atoms with Crippen molar-refractivity contribution in [3.63, 3.8) is 0 Å². The largest absolute Gasteiger partial charge is 0.493 e. The molecule has 0 saturated carbocycles. The molecule has 1 aromatic rings. The molecule has 3 rings (SSSR count). The fourth-order valence-electron chi connectivity index (χ4n) is 3.85. The highest BCUT2D eigenvalue weighted by atomic mass is 19.4. The predicted octanol–water partition coefficient (Wildman–Crippen LogP) is 2.83. The lowest BCUT2D eigenvalue weighted by Crippen LogP contribution is -2.51. The van der Waals surface area contributed by atoms with Gasteiger partial charge in [0, 0.05) is 25.4 Å². The van der Waals surface area contributed by atoms with Gasteiger partial charge in [-0.05, 0) is 51.8 Å². The number of hydrogen-bond acceptors (Lipinski definition) is 5. The molecule has 162 valence electrons. The van der Waals surface area contributed by atoms with Gasteiger partial charge in [-0.15, -0.1) is 0 Å². The number of alkyl halides is 3. The van der Waals surface area contributed by atoms with Crippen molar-refractivity contribution in [2.24, 2.45) is 5.92 Å². The van der Waals surface area contributed by atoms with Crippen LogP contribution in [0.15, 0.2) is 18.3 Å². The van der Waals surface area contributed by atoms with E-state index in [4.69, 9.17) is 9.47 Å². The number of ether oxygens (including phenoxy) is 2. The number of carbonyl (C=O) groups excluding carboxylic acids is 1. The van der Waals surface area contributed by atoms with Crippen molar-refractivity contribution >= 4 is 5.91 Å². The topological polar surface area (TPSA) is 54.9 Å². The van der Waals surface area contributed by atoms with Crippen LogP contribution < -0.4 is 4.74 Å². The molecule has 0 aromatic carbocycles. The summed E-state index contributed by atoms with van der Waals surface area (Å²) in [6.45, 7) is 7.51. The molecule has 6 nitrogen and oxygen atoms in total. The molecular formula is C20H28F3N3O3. The molecule has 2 unspecified atom stereocenters. The van der Waals surface area contributed by atoms with Crippen LogP contribution in [-0.2, 0) is 15.7 Å². The second-order valence-corrected chi connectivity index (χ2v) is 7.96. The molecule has 3 heterocycles. The lowest BCUT2D eigenvalue weighted by molar-refractivity contribution is -0.144. The van der Waals surface area contributed by atoms with Crippen LogP contribution in [0, 0.1) is 5.92 Å². The molecule has 0 bridgehead atoms. The van der Waals surface area contributed by atoms with E-state index >= 15 is 0 Å². The number of morpholine rings is 1.